The minimum absolute atomic E-state index is 0.0874. The predicted octanol–water partition coefficient (Wildman–Crippen LogP) is 1.72. The number of carbonyl (C=O) groups excluding carboxylic acids is 2. The Balaban J connectivity index is 2.92. The first kappa shape index (κ1) is 9.51. The van der Waals surface area contributed by atoms with Gasteiger partial charge in [-0.2, -0.15) is 4.39 Å². The maximum absolute atomic E-state index is 13.2. The minimum atomic E-state index is -0.719. The van der Waals surface area contributed by atoms with Crippen molar-refractivity contribution >= 4 is 23.0 Å². The van der Waals surface area contributed by atoms with Crippen LogP contribution in [0.15, 0.2) is 12.3 Å². The third kappa shape index (κ3) is 1.32. The number of rotatable bonds is 2. The Labute approximate surface area is 84.1 Å². The predicted molar refractivity (Wildman–Crippen MR) is 51.4 cm³/mol. The number of halogens is 1. The molecule has 15 heavy (non-hydrogen) atoms. The number of aromatic nitrogens is 2. The first-order valence-corrected chi connectivity index (χ1v) is 4.27. The number of hydrogen-bond donors (Lipinski definition) is 1. The van der Waals surface area contributed by atoms with E-state index in [9.17, 15) is 14.0 Å². The van der Waals surface area contributed by atoms with Crippen molar-refractivity contribution in [1.29, 1.82) is 0 Å². The topological polar surface area (TPSA) is 62.8 Å². The van der Waals surface area contributed by atoms with Gasteiger partial charge < -0.3 is 4.98 Å². The molecule has 5 heteroatoms. The molecule has 0 aliphatic carbocycles. The third-order valence-corrected chi connectivity index (χ3v) is 2.17. The lowest BCUT2D eigenvalue weighted by Crippen LogP contribution is -1.95. The lowest BCUT2D eigenvalue weighted by atomic mass is 10.1. The zero-order chi connectivity index (χ0) is 11.0. The summed E-state index contributed by atoms with van der Waals surface area (Å²) in [5.74, 6) is -1.00. The van der Waals surface area contributed by atoms with Crippen LogP contribution in [0.1, 0.15) is 27.8 Å². The summed E-state index contributed by atoms with van der Waals surface area (Å²) in [5.41, 5.74) is 0.385. The van der Waals surface area contributed by atoms with Crippen LogP contribution in [0.3, 0.4) is 0 Å². The van der Waals surface area contributed by atoms with E-state index in [4.69, 9.17) is 0 Å². The molecule has 0 saturated heterocycles. The van der Waals surface area contributed by atoms with E-state index >= 15 is 0 Å². The van der Waals surface area contributed by atoms with E-state index in [1.165, 1.54) is 19.2 Å². The van der Waals surface area contributed by atoms with Gasteiger partial charge in [-0.15, -0.1) is 0 Å². The average molecular weight is 206 g/mol. The number of aldehydes is 1. The molecule has 0 fully saturated rings. The molecular weight excluding hydrogens is 199 g/mol. The van der Waals surface area contributed by atoms with Crippen molar-refractivity contribution in [2.45, 2.75) is 6.92 Å². The molecule has 4 nitrogen and oxygen atoms in total. The van der Waals surface area contributed by atoms with Gasteiger partial charge in [0.1, 0.15) is 5.52 Å². The highest BCUT2D eigenvalue weighted by Crippen LogP contribution is 2.22. The van der Waals surface area contributed by atoms with Crippen LogP contribution in [0.5, 0.6) is 0 Å². The van der Waals surface area contributed by atoms with E-state index in [0.717, 1.165) is 0 Å². The standard InChI is InChI=1S/C10H7FN2O2/c1-5(15)8-6-2-3-12-10(11)9(6)13-7(8)4-14/h2-4,13H,1H3. The number of nitrogens with one attached hydrogen (secondary N) is 1. The van der Waals surface area contributed by atoms with Crippen molar-refractivity contribution in [3.05, 3.63) is 29.5 Å². The summed E-state index contributed by atoms with van der Waals surface area (Å²) in [4.78, 5) is 27.9. The summed E-state index contributed by atoms with van der Waals surface area (Å²) in [6.07, 6.45) is 1.75. The molecule has 2 aromatic rings. The molecule has 2 aromatic heterocycles. The zero-order valence-corrected chi connectivity index (χ0v) is 7.87. The Morgan fingerprint density at radius 2 is 2.33 bits per heavy atom. The highest BCUT2D eigenvalue weighted by atomic mass is 19.1. The van der Waals surface area contributed by atoms with Crippen LogP contribution in [0.2, 0.25) is 0 Å². The van der Waals surface area contributed by atoms with Gasteiger partial charge in [-0.1, -0.05) is 0 Å². The number of Topliss-reactive ketones (excluding diaryl/α,β-unsaturated/α-hetero) is 1. The van der Waals surface area contributed by atoms with Crippen LogP contribution >= 0.6 is 0 Å². The fourth-order valence-corrected chi connectivity index (χ4v) is 1.57. The fourth-order valence-electron chi connectivity index (χ4n) is 1.57. The zero-order valence-electron chi connectivity index (χ0n) is 7.87. The smallest absolute Gasteiger partial charge is 0.237 e. The van der Waals surface area contributed by atoms with Gasteiger partial charge in [0.15, 0.2) is 12.1 Å². The largest absolute Gasteiger partial charge is 0.348 e. The summed E-state index contributed by atoms with van der Waals surface area (Å²) in [7, 11) is 0. The lowest BCUT2D eigenvalue weighted by molar-refractivity contribution is 0.101. The molecule has 76 valence electrons. The van der Waals surface area contributed by atoms with Gasteiger partial charge in [0.05, 0.1) is 11.3 Å². The number of ketones is 1. The second kappa shape index (κ2) is 3.27. The Kier molecular flexibility index (Phi) is 2.07. The van der Waals surface area contributed by atoms with Gasteiger partial charge >= 0.3 is 0 Å². The normalized spacial score (nSPS) is 10.5. The van der Waals surface area contributed by atoms with E-state index in [1.807, 2.05) is 0 Å². The van der Waals surface area contributed by atoms with Crippen LogP contribution < -0.4 is 0 Å². The summed E-state index contributed by atoms with van der Waals surface area (Å²) in [6, 6.07) is 1.50. The average Bonchev–Trinajstić information content (AvgIpc) is 2.57. The number of nitrogens with zero attached hydrogens (tertiary/aromatic N) is 1. The van der Waals surface area contributed by atoms with Crippen LogP contribution in [-0.2, 0) is 0 Å². The number of fused-ring (bicyclic) bond motifs is 1. The van der Waals surface area contributed by atoms with Crippen molar-refractivity contribution in [2.24, 2.45) is 0 Å². The number of hydrogen-bond acceptors (Lipinski definition) is 3. The Morgan fingerprint density at radius 1 is 1.60 bits per heavy atom. The molecule has 0 aliphatic rings. The van der Waals surface area contributed by atoms with E-state index in [0.29, 0.717) is 11.7 Å². The molecule has 0 unspecified atom stereocenters. The molecule has 0 aliphatic heterocycles. The third-order valence-electron chi connectivity index (χ3n) is 2.17. The van der Waals surface area contributed by atoms with Crippen molar-refractivity contribution in [1.82, 2.24) is 9.97 Å². The van der Waals surface area contributed by atoms with Crippen molar-refractivity contribution in [3.8, 4) is 0 Å². The summed E-state index contributed by atoms with van der Waals surface area (Å²) < 4.78 is 13.2. The van der Waals surface area contributed by atoms with Crippen LogP contribution in [0, 0.1) is 5.95 Å². The Morgan fingerprint density at radius 3 is 2.93 bits per heavy atom. The second-order valence-corrected chi connectivity index (χ2v) is 3.11. The molecule has 0 bridgehead atoms. The first-order chi connectivity index (χ1) is 7.15. The van der Waals surface area contributed by atoms with Crippen molar-refractivity contribution in [3.63, 3.8) is 0 Å². The van der Waals surface area contributed by atoms with E-state index < -0.39 is 5.95 Å². The highest BCUT2D eigenvalue weighted by molar-refractivity contribution is 6.12. The quantitative estimate of drug-likeness (QED) is 0.462. The molecule has 0 radical (unpaired) electrons. The van der Waals surface area contributed by atoms with Crippen LogP contribution in [0.25, 0.3) is 10.9 Å². The van der Waals surface area contributed by atoms with Gasteiger partial charge in [-0.05, 0) is 13.0 Å². The maximum Gasteiger partial charge on any atom is 0.237 e. The van der Waals surface area contributed by atoms with Crippen molar-refractivity contribution < 1.29 is 14.0 Å². The van der Waals surface area contributed by atoms with Crippen LogP contribution in [-0.4, -0.2) is 22.0 Å². The minimum Gasteiger partial charge on any atom is -0.348 e. The molecule has 2 heterocycles. The van der Waals surface area contributed by atoms with Gasteiger partial charge in [0, 0.05) is 11.6 Å². The van der Waals surface area contributed by atoms with E-state index in [-0.39, 0.29) is 22.6 Å². The molecule has 2 rings (SSSR count). The molecular formula is C10H7FN2O2. The van der Waals surface area contributed by atoms with E-state index in [2.05, 4.69) is 9.97 Å². The monoisotopic (exact) mass is 206 g/mol. The molecule has 1 N–H and O–H groups in total. The molecule has 0 saturated carbocycles. The number of carbonyl (C=O) groups is 2. The summed E-state index contributed by atoms with van der Waals surface area (Å²) >= 11 is 0. The second-order valence-electron chi connectivity index (χ2n) is 3.11. The number of H-pyrrole nitrogens is 1. The maximum atomic E-state index is 13.2. The molecule has 0 atom stereocenters. The first-order valence-electron chi connectivity index (χ1n) is 4.27. The van der Waals surface area contributed by atoms with Gasteiger partial charge in [0.25, 0.3) is 0 Å². The summed E-state index contributed by atoms with van der Waals surface area (Å²) in [6.45, 7) is 1.33. The van der Waals surface area contributed by atoms with E-state index in [1.54, 1.807) is 0 Å². The lowest BCUT2D eigenvalue weighted by Gasteiger charge is -1.93. The fraction of sp³-hybridized carbons (Fsp3) is 0.100. The summed E-state index contributed by atoms with van der Waals surface area (Å²) in [5, 5.41) is 0.386. The number of aromatic amines is 1. The van der Waals surface area contributed by atoms with Crippen molar-refractivity contribution in [2.75, 3.05) is 0 Å². The van der Waals surface area contributed by atoms with Gasteiger partial charge in [0.2, 0.25) is 5.95 Å². The highest BCUT2D eigenvalue weighted by Gasteiger charge is 2.17. The molecule has 0 amide bonds. The van der Waals surface area contributed by atoms with Gasteiger partial charge in [-0.25, -0.2) is 4.98 Å². The SMILES string of the molecule is CC(=O)c1c(C=O)[nH]c2c(F)nccc12. The Hall–Kier alpha value is -2.04. The number of pyridine rings is 1. The van der Waals surface area contributed by atoms with Crippen LogP contribution in [0.4, 0.5) is 4.39 Å². The van der Waals surface area contributed by atoms with Gasteiger partial charge in [-0.3, -0.25) is 9.59 Å². The Bertz CT molecular complexity index is 560. The molecule has 0 aromatic carbocycles. The molecule has 0 spiro atoms.